The van der Waals surface area contributed by atoms with E-state index in [9.17, 15) is 53.4 Å². The number of hydrogen-bond donors (Lipinski definition) is 12. The summed E-state index contributed by atoms with van der Waals surface area (Å²) in [5.74, 6) is -8.17. The zero-order chi connectivity index (χ0) is 53.7. The number of carbonyl (C=O) groups excluding carboxylic acids is 7. The van der Waals surface area contributed by atoms with Crippen molar-refractivity contribution in [2.75, 3.05) is 19.6 Å². The minimum absolute atomic E-state index is 0.0452. The molecule has 1 aliphatic carbocycles. The normalized spacial score (nSPS) is 17.1. The number of carbonyl (C=O) groups is 9. The molecule has 1 aliphatic heterocycles. The van der Waals surface area contributed by atoms with Crippen LogP contribution in [0.4, 0.5) is 0 Å². The average molecular weight is 1030 g/mol. The van der Waals surface area contributed by atoms with Crippen molar-refractivity contribution >= 4 is 70.2 Å². The molecule has 23 heteroatoms. The minimum atomic E-state index is -1.73. The Kier molecular flexibility index (Phi) is 22.2. The van der Waals surface area contributed by atoms with Gasteiger partial charge in [-0.2, -0.15) is 0 Å². The summed E-state index contributed by atoms with van der Waals surface area (Å²) in [6.45, 7) is 1.66. The number of H-pyrrole nitrogens is 1. The number of aliphatic imine (C=N–C) groups is 1. The third-order valence-electron chi connectivity index (χ3n) is 13.4. The molecular formula is C51H72N12O11. The number of rotatable bonds is 28. The van der Waals surface area contributed by atoms with Crippen molar-refractivity contribution in [2.45, 2.75) is 146 Å². The van der Waals surface area contributed by atoms with Crippen molar-refractivity contribution in [3.05, 3.63) is 71.9 Å². The third kappa shape index (κ3) is 17.6. The molecule has 402 valence electrons. The van der Waals surface area contributed by atoms with Crippen LogP contribution >= 0.6 is 0 Å². The van der Waals surface area contributed by atoms with Crippen LogP contribution in [0.2, 0.25) is 0 Å². The van der Waals surface area contributed by atoms with E-state index < -0.39 is 102 Å². The number of aromatic nitrogens is 1. The molecule has 7 amide bonds. The molecule has 3 aromatic rings. The number of likely N-dealkylation sites (tertiary alicyclic amines) is 1. The van der Waals surface area contributed by atoms with E-state index in [1.807, 2.05) is 24.3 Å². The molecule has 2 aliphatic rings. The second kappa shape index (κ2) is 28.6. The Bertz CT molecular complexity index is 2460. The predicted molar refractivity (Wildman–Crippen MR) is 273 cm³/mol. The van der Waals surface area contributed by atoms with Gasteiger partial charge in [0.25, 0.3) is 0 Å². The Morgan fingerprint density at radius 1 is 0.689 bits per heavy atom. The van der Waals surface area contributed by atoms with Crippen LogP contribution in [0.1, 0.15) is 102 Å². The average Bonchev–Trinajstić information content (AvgIpc) is 4.03. The lowest BCUT2D eigenvalue weighted by atomic mass is 9.84. The number of nitrogens with one attached hydrogen (secondary N) is 7. The molecular weight excluding hydrogens is 957 g/mol. The molecule has 2 fully saturated rings. The summed E-state index contributed by atoms with van der Waals surface area (Å²) < 4.78 is 0. The minimum Gasteiger partial charge on any atom is -0.481 e. The number of guanidine groups is 1. The summed E-state index contributed by atoms with van der Waals surface area (Å²) in [6.07, 6.45) is 6.17. The van der Waals surface area contributed by atoms with Gasteiger partial charge in [0.05, 0.1) is 6.42 Å². The predicted octanol–water partition coefficient (Wildman–Crippen LogP) is 0.195. The number of fused-ring (bicyclic) bond motifs is 1. The maximum atomic E-state index is 14.6. The summed E-state index contributed by atoms with van der Waals surface area (Å²) in [6, 6.07) is 7.05. The molecule has 1 saturated carbocycles. The van der Waals surface area contributed by atoms with Gasteiger partial charge in [0.1, 0.15) is 42.3 Å². The standard InChI is InChI=1S/C51H72N12O11/c1-30(64)57-38(25-31-13-4-2-5-14-31)44(67)58-36(19-10-22-52)49(72)63-24-12-21-42(63)48(71)62-41(28-43(65)66)47(70)60-39(26-32-15-6-3-7-16-32)45(68)61-40(27-33-29-56-35-18-9-8-17-34(33)35)46(69)59-37(50(73)74)20-11-23-55-51(53)54/h2,4-5,8-9,13-14,17-18,29,32,36-42,56H,3,6-7,10-12,15-16,19-28,52H2,1H3,(H,57,64)(H,58,67)(H,59,69)(H,60,70)(H,61,68)(H,62,71)(H,65,66)(H,73,74)(H4,53,54,55)/t36-,37-,38-,39-,40-,41+,42-/m0/s1. The fourth-order valence-corrected chi connectivity index (χ4v) is 9.61. The zero-order valence-electron chi connectivity index (χ0n) is 41.8. The maximum Gasteiger partial charge on any atom is 0.326 e. The quantitative estimate of drug-likeness (QED) is 0.0263. The van der Waals surface area contributed by atoms with E-state index in [1.165, 1.54) is 11.8 Å². The molecule has 7 atom stereocenters. The molecule has 0 unspecified atom stereocenters. The number of hydrogen-bond acceptors (Lipinski definition) is 11. The number of amides is 7. The lowest BCUT2D eigenvalue weighted by Crippen LogP contribution is -2.60. The SMILES string of the molecule is CC(=O)N[C@@H](Cc1ccccc1)C(=O)N[C@@H](CCCN)C(=O)N1CCC[C@H]1C(=O)N[C@H](CC(=O)O)C(=O)N[C@@H](CC1CCCCC1)C(=O)N[C@@H](Cc1c[nH]c2ccccc12)C(=O)N[C@@H](CCCN=C(N)N)C(=O)O. The number of benzene rings is 2. The molecule has 0 bridgehead atoms. The first-order valence-corrected chi connectivity index (χ1v) is 25.3. The number of nitrogens with zero attached hydrogens (tertiary/aromatic N) is 2. The summed E-state index contributed by atoms with van der Waals surface area (Å²) in [5.41, 5.74) is 18.8. The highest BCUT2D eigenvalue weighted by atomic mass is 16.4. The highest BCUT2D eigenvalue weighted by Crippen LogP contribution is 2.28. The van der Waals surface area contributed by atoms with Crippen LogP contribution in [0.3, 0.4) is 0 Å². The van der Waals surface area contributed by atoms with E-state index in [2.05, 4.69) is 41.9 Å². The van der Waals surface area contributed by atoms with Gasteiger partial charge in [0.2, 0.25) is 41.4 Å². The molecule has 74 heavy (non-hydrogen) atoms. The summed E-state index contributed by atoms with van der Waals surface area (Å²) in [4.78, 5) is 130. The van der Waals surface area contributed by atoms with Crippen LogP contribution in [-0.4, -0.2) is 141 Å². The molecule has 0 radical (unpaired) electrons. The van der Waals surface area contributed by atoms with E-state index in [1.54, 1.807) is 36.5 Å². The second-order valence-corrected chi connectivity index (χ2v) is 19.1. The van der Waals surface area contributed by atoms with Gasteiger partial charge < -0.3 is 69.2 Å². The van der Waals surface area contributed by atoms with Crippen LogP contribution in [0.5, 0.6) is 0 Å². The topological polar surface area (TPSA) is 376 Å². The van der Waals surface area contributed by atoms with Crippen molar-refractivity contribution in [3.63, 3.8) is 0 Å². The maximum absolute atomic E-state index is 14.6. The van der Waals surface area contributed by atoms with Crippen molar-refractivity contribution in [3.8, 4) is 0 Å². The van der Waals surface area contributed by atoms with Gasteiger partial charge in [-0.25, -0.2) is 4.79 Å². The number of carboxylic acid groups (broad SMARTS) is 2. The van der Waals surface area contributed by atoms with Gasteiger partial charge in [0, 0.05) is 50.0 Å². The molecule has 1 saturated heterocycles. The van der Waals surface area contributed by atoms with Gasteiger partial charge in [-0.3, -0.25) is 43.3 Å². The largest absolute Gasteiger partial charge is 0.481 e. The lowest BCUT2D eigenvalue weighted by molar-refractivity contribution is -0.144. The van der Waals surface area contributed by atoms with Crippen molar-refractivity contribution in [1.29, 1.82) is 0 Å². The highest BCUT2D eigenvalue weighted by molar-refractivity contribution is 5.99. The van der Waals surface area contributed by atoms with Crippen molar-refractivity contribution < 1.29 is 53.4 Å². The fraction of sp³-hybridized carbons (Fsp3) is 0.529. The van der Waals surface area contributed by atoms with E-state index in [-0.39, 0.29) is 76.5 Å². The van der Waals surface area contributed by atoms with Gasteiger partial charge in [0.15, 0.2) is 5.96 Å². The van der Waals surface area contributed by atoms with Crippen molar-refractivity contribution in [1.82, 2.24) is 41.8 Å². The van der Waals surface area contributed by atoms with E-state index in [4.69, 9.17) is 17.2 Å². The summed E-state index contributed by atoms with van der Waals surface area (Å²) in [7, 11) is 0. The van der Waals surface area contributed by atoms with Gasteiger partial charge in [-0.05, 0) is 74.6 Å². The number of carboxylic acids is 2. The first-order chi connectivity index (χ1) is 35.4. The summed E-state index contributed by atoms with van der Waals surface area (Å²) >= 11 is 0. The molecule has 15 N–H and O–H groups in total. The fourth-order valence-electron chi connectivity index (χ4n) is 9.61. The zero-order valence-corrected chi connectivity index (χ0v) is 41.8. The van der Waals surface area contributed by atoms with Gasteiger partial charge in [-0.1, -0.05) is 80.6 Å². The van der Waals surface area contributed by atoms with Crippen molar-refractivity contribution in [2.24, 2.45) is 28.1 Å². The third-order valence-corrected chi connectivity index (χ3v) is 13.4. The van der Waals surface area contributed by atoms with Gasteiger partial charge in [-0.15, -0.1) is 0 Å². The van der Waals surface area contributed by atoms with E-state index in [0.29, 0.717) is 18.4 Å². The Balaban J connectivity index is 1.36. The Hall–Kier alpha value is -7.56. The smallest absolute Gasteiger partial charge is 0.326 e. The van der Waals surface area contributed by atoms with Gasteiger partial charge >= 0.3 is 11.9 Å². The van der Waals surface area contributed by atoms with Crippen LogP contribution in [0.25, 0.3) is 10.9 Å². The van der Waals surface area contributed by atoms with Crippen LogP contribution in [-0.2, 0) is 56.0 Å². The first kappa shape index (κ1) is 57.3. The number of nitrogens with two attached hydrogens (primary N) is 3. The monoisotopic (exact) mass is 1030 g/mol. The Labute approximate surface area is 429 Å². The van der Waals surface area contributed by atoms with Crippen LogP contribution in [0.15, 0.2) is 65.8 Å². The highest BCUT2D eigenvalue weighted by Gasteiger charge is 2.41. The van der Waals surface area contributed by atoms with Crippen LogP contribution < -0.4 is 49.1 Å². The lowest BCUT2D eigenvalue weighted by Gasteiger charge is -2.31. The molecule has 2 heterocycles. The summed E-state index contributed by atoms with van der Waals surface area (Å²) in [5, 5.41) is 36.7. The van der Waals surface area contributed by atoms with E-state index in [0.717, 1.165) is 48.6 Å². The molecule has 5 rings (SSSR count). The first-order valence-electron chi connectivity index (χ1n) is 25.3. The number of para-hydroxylation sites is 1. The molecule has 1 aromatic heterocycles. The Morgan fingerprint density at radius 3 is 1.96 bits per heavy atom. The van der Waals surface area contributed by atoms with Crippen LogP contribution in [0, 0.1) is 5.92 Å². The van der Waals surface area contributed by atoms with E-state index >= 15 is 0 Å². The Morgan fingerprint density at radius 2 is 1.30 bits per heavy atom. The molecule has 0 spiro atoms. The molecule has 23 nitrogen and oxygen atoms in total. The number of aliphatic carboxylic acids is 2. The molecule has 2 aromatic carbocycles. The second-order valence-electron chi connectivity index (χ2n) is 19.1. The number of aromatic amines is 1.